The lowest BCUT2D eigenvalue weighted by atomic mass is 10.3. The number of ether oxygens (including phenoxy) is 1. The van der Waals surface area contributed by atoms with Gasteiger partial charge in [0.15, 0.2) is 0 Å². The summed E-state index contributed by atoms with van der Waals surface area (Å²) < 4.78 is 5.23. The van der Waals surface area contributed by atoms with Crippen LogP contribution in [0.3, 0.4) is 0 Å². The van der Waals surface area contributed by atoms with Gasteiger partial charge in [0.1, 0.15) is 0 Å². The molecule has 2 fully saturated rings. The molecule has 18 heavy (non-hydrogen) atoms. The van der Waals surface area contributed by atoms with Crippen molar-refractivity contribution in [3.63, 3.8) is 0 Å². The van der Waals surface area contributed by atoms with Crippen LogP contribution in [-0.4, -0.2) is 74.7 Å². The zero-order valence-electron chi connectivity index (χ0n) is 11.2. The van der Waals surface area contributed by atoms with E-state index in [9.17, 15) is 4.79 Å². The van der Waals surface area contributed by atoms with Gasteiger partial charge in [0, 0.05) is 39.1 Å². The summed E-state index contributed by atoms with van der Waals surface area (Å²) in [4.78, 5) is 16.2. The Morgan fingerprint density at radius 2 is 1.78 bits per heavy atom. The van der Waals surface area contributed by atoms with Crippen molar-refractivity contribution in [1.29, 1.82) is 0 Å². The molecule has 0 atom stereocenters. The van der Waals surface area contributed by atoms with Gasteiger partial charge in [-0.15, -0.1) is 0 Å². The lowest BCUT2D eigenvalue weighted by Crippen LogP contribution is -2.42. The third-order valence-corrected chi connectivity index (χ3v) is 3.68. The van der Waals surface area contributed by atoms with Crippen molar-refractivity contribution in [1.82, 2.24) is 15.1 Å². The lowest BCUT2D eigenvalue weighted by Gasteiger charge is -2.26. The van der Waals surface area contributed by atoms with Crippen LogP contribution < -0.4 is 5.32 Å². The second-order valence-electron chi connectivity index (χ2n) is 5.04. The molecule has 0 bridgehead atoms. The minimum absolute atomic E-state index is 0.256. The van der Waals surface area contributed by atoms with Crippen LogP contribution in [0.4, 0.5) is 0 Å². The molecule has 0 unspecified atom stereocenters. The monoisotopic (exact) mass is 255 g/mol. The van der Waals surface area contributed by atoms with Crippen LogP contribution in [0, 0.1) is 0 Å². The number of nitrogens with one attached hydrogen (secondary N) is 1. The molecule has 2 aliphatic heterocycles. The SMILES string of the molecule is O=C(CCNCCN1CCCC1)N1CCOCC1. The van der Waals surface area contributed by atoms with Crippen molar-refractivity contribution in [3.8, 4) is 0 Å². The van der Waals surface area contributed by atoms with Crippen molar-refractivity contribution < 1.29 is 9.53 Å². The lowest BCUT2D eigenvalue weighted by molar-refractivity contribution is -0.135. The van der Waals surface area contributed by atoms with E-state index in [4.69, 9.17) is 4.74 Å². The van der Waals surface area contributed by atoms with Crippen LogP contribution in [0.2, 0.25) is 0 Å². The Bertz CT molecular complexity index is 249. The Balaban J connectivity index is 1.48. The van der Waals surface area contributed by atoms with E-state index in [0.29, 0.717) is 19.6 Å². The maximum atomic E-state index is 11.8. The quantitative estimate of drug-likeness (QED) is 0.674. The van der Waals surface area contributed by atoms with Crippen LogP contribution in [0.5, 0.6) is 0 Å². The highest BCUT2D eigenvalue weighted by molar-refractivity contribution is 5.76. The summed E-state index contributed by atoms with van der Waals surface area (Å²) in [6, 6.07) is 0. The zero-order chi connectivity index (χ0) is 12.6. The van der Waals surface area contributed by atoms with Gasteiger partial charge in [0.05, 0.1) is 13.2 Å². The second-order valence-corrected chi connectivity index (χ2v) is 5.04. The topological polar surface area (TPSA) is 44.8 Å². The second kappa shape index (κ2) is 7.71. The third kappa shape index (κ3) is 4.55. The smallest absolute Gasteiger partial charge is 0.224 e. The Morgan fingerprint density at radius 1 is 1.06 bits per heavy atom. The largest absolute Gasteiger partial charge is 0.378 e. The number of hydrogen-bond donors (Lipinski definition) is 1. The molecule has 0 spiro atoms. The zero-order valence-corrected chi connectivity index (χ0v) is 11.2. The normalized spacial score (nSPS) is 21.4. The van der Waals surface area contributed by atoms with Crippen LogP contribution in [0.15, 0.2) is 0 Å². The van der Waals surface area contributed by atoms with E-state index < -0.39 is 0 Å². The predicted molar refractivity (Wildman–Crippen MR) is 70.6 cm³/mol. The van der Waals surface area contributed by atoms with E-state index in [-0.39, 0.29) is 5.91 Å². The Morgan fingerprint density at radius 3 is 2.50 bits per heavy atom. The first-order valence-corrected chi connectivity index (χ1v) is 7.15. The van der Waals surface area contributed by atoms with Gasteiger partial charge in [-0.25, -0.2) is 0 Å². The van der Waals surface area contributed by atoms with Crippen LogP contribution >= 0.6 is 0 Å². The van der Waals surface area contributed by atoms with Crippen molar-refractivity contribution in [2.45, 2.75) is 19.3 Å². The van der Waals surface area contributed by atoms with Gasteiger partial charge in [-0.3, -0.25) is 4.79 Å². The minimum atomic E-state index is 0.256. The summed E-state index contributed by atoms with van der Waals surface area (Å²) >= 11 is 0. The van der Waals surface area contributed by atoms with Gasteiger partial charge < -0.3 is 19.9 Å². The van der Waals surface area contributed by atoms with Gasteiger partial charge in [-0.1, -0.05) is 0 Å². The van der Waals surface area contributed by atoms with E-state index >= 15 is 0 Å². The number of carbonyl (C=O) groups is 1. The van der Waals surface area contributed by atoms with Crippen LogP contribution in [0.1, 0.15) is 19.3 Å². The fourth-order valence-electron chi connectivity index (χ4n) is 2.53. The molecule has 2 heterocycles. The van der Waals surface area contributed by atoms with E-state index in [1.165, 1.54) is 25.9 Å². The standard InChI is InChI=1S/C13H25N3O2/c17-13(16-9-11-18-12-10-16)3-4-14-5-8-15-6-1-2-7-15/h14H,1-12H2. The molecular weight excluding hydrogens is 230 g/mol. The van der Waals surface area contributed by atoms with Crippen LogP contribution in [-0.2, 0) is 9.53 Å². The van der Waals surface area contributed by atoms with E-state index in [1.54, 1.807) is 0 Å². The number of carbonyl (C=O) groups excluding carboxylic acids is 1. The molecule has 5 heteroatoms. The molecule has 0 radical (unpaired) electrons. The highest BCUT2D eigenvalue weighted by Gasteiger charge is 2.16. The van der Waals surface area contributed by atoms with Gasteiger partial charge in [0.25, 0.3) is 0 Å². The summed E-state index contributed by atoms with van der Waals surface area (Å²) in [7, 11) is 0. The Kier molecular flexibility index (Phi) is 5.90. The first-order valence-electron chi connectivity index (χ1n) is 7.15. The number of amides is 1. The molecule has 0 aromatic rings. The van der Waals surface area contributed by atoms with E-state index in [2.05, 4.69) is 10.2 Å². The van der Waals surface area contributed by atoms with Gasteiger partial charge in [-0.2, -0.15) is 0 Å². The minimum Gasteiger partial charge on any atom is -0.378 e. The highest BCUT2D eigenvalue weighted by Crippen LogP contribution is 2.05. The average molecular weight is 255 g/mol. The van der Waals surface area contributed by atoms with E-state index in [1.807, 2.05) is 4.90 Å². The summed E-state index contributed by atoms with van der Waals surface area (Å²) in [6.07, 6.45) is 3.30. The van der Waals surface area contributed by atoms with Crippen LogP contribution in [0.25, 0.3) is 0 Å². The van der Waals surface area contributed by atoms with Gasteiger partial charge >= 0.3 is 0 Å². The molecule has 104 valence electrons. The molecule has 1 N–H and O–H groups in total. The summed E-state index contributed by atoms with van der Waals surface area (Å²) in [5.74, 6) is 0.256. The van der Waals surface area contributed by atoms with Crippen molar-refractivity contribution in [2.75, 3.05) is 59.0 Å². The maximum Gasteiger partial charge on any atom is 0.224 e. The molecule has 2 aliphatic rings. The Hall–Kier alpha value is -0.650. The molecule has 2 rings (SSSR count). The van der Waals surface area contributed by atoms with E-state index in [0.717, 1.165) is 32.7 Å². The molecular formula is C13H25N3O2. The molecule has 0 saturated carbocycles. The van der Waals surface area contributed by atoms with Crippen molar-refractivity contribution >= 4 is 5.91 Å². The summed E-state index contributed by atoms with van der Waals surface area (Å²) in [5, 5.41) is 3.36. The number of nitrogens with zero attached hydrogens (tertiary/aromatic N) is 2. The van der Waals surface area contributed by atoms with Gasteiger partial charge in [0.2, 0.25) is 5.91 Å². The number of hydrogen-bond acceptors (Lipinski definition) is 4. The molecule has 0 aliphatic carbocycles. The fourth-order valence-corrected chi connectivity index (χ4v) is 2.53. The molecule has 0 aromatic heterocycles. The Labute approximate surface area is 109 Å². The third-order valence-electron chi connectivity index (χ3n) is 3.68. The first kappa shape index (κ1) is 13.8. The van der Waals surface area contributed by atoms with Crippen molar-refractivity contribution in [3.05, 3.63) is 0 Å². The average Bonchev–Trinajstić information content (AvgIpc) is 2.92. The summed E-state index contributed by atoms with van der Waals surface area (Å²) in [5.41, 5.74) is 0. The molecule has 2 saturated heterocycles. The summed E-state index contributed by atoms with van der Waals surface area (Å²) in [6.45, 7) is 8.29. The fraction of sp³-hybridized carbons (Fsp3) is 0.923. The molecule has 0 aromatic carbocycles. The first-order chi connectivity index (χ1) is 8.86. The van der Waals surface area contributed by atoms with Crippen molar-refractivity contribution in [2.24, 2.45) is 0 Å². The van der Waals surface area contributed by atoms with Gasteiger partial charge in [-0.05, 0) is 25.9 Å². The number of rotatable bonds is 6. The predicted octanol–water partition coefficient (Wildman–Crippen LogP) is -0.0793. The maximum absolute atomic E-state index is 11.8. The number of likely N-dealkylation sites (tertiary alicyclic amines) is 1. The molecule has 5 nitrogen and oxygen atoms in total. The highest BCUT2D eigenvalue weighted by atomic mass is 16.5. The molecule has 1 amide bonds. The number of morpholine rings is 1.